The topological polar surface area (TPSA) is 70.7 Å². The van der Waals surface area contributed by atoms with Crippen LogP contribution in [0.25, 0.3) is 0 Å². The fourth-order valence-corrected chi connectivity index (χ4v) is 4.10. The van der Waals surface area contributed by atoms with Gasteiger partial charge in [0.25, 0.3) is 5.91 Å². The number of hydrogen-bond acceptors (Lipinski definition) is 4. The van der Waals surface area contributed by atoms with Gasteiger partial charge in [0.15, 0.2) is 6.61 Å². The molecule has 3 unspecified atom stereocenters. The number of carbonyl (C=O) groups is 2. The second kappa shape index (κ2) is 7.22. The Morgan fingerprint density at radius 1 is 1.32 bits per heavy atom. The number of nitrogens with zero attached hydrogens (tertiary/aromatic N) is 1. The zero-order valence-corrected chi connectivity index (χ0v) is 15.1. The van der Waals surface area contributed by atoms with E-state index in [4.69, 9.17) is 4.74 Å². The van der Waals surface area contributed by atoms with Crippen molar-refractivity contribution in [3.8, 4) is 5.75 Å². The Morgan fingerprint density at radius 3 is 2.92 bits per heavy atom. The van der Waals surface area contributed by atoms with Crippen molar-refractivity contribution in [1.29, 1.82) is 0 Å². The number of amides is 2. The van der Waals surface area contributed by atoms with E-state index in [1.165, 1.54) is 25.7 Å². The molecule has 2 aliphatic heterocycles. The van der Waals surface area contributed by atoms with Crippen LogP contribution in [0.15, 0.2) is 18.2 Å². The molecule has 2 heterocycles. The first-order valence-electron chi connectivity index (χ1n) is 8.72. The van der Waals surface area contributed by atoms with E-state index in [0.717, 1.165) is 6.42 Å². The lowest BCUT2D eigenvalue weighted by atomic mass is 9.85. The summed E-state index contributed by atoms with van der Waals surface area (Å²) in [6, 6.07) is 5.80. The maximum absolute atomic E-state index is 12.6. The highest BCUT2D eigenvalue weighted by atomic mass is 35.5. The Balaban J connectivity index is 0.00000182. The van der Waals surface area contributed by atoms with Gasteiger partial charge in [0, 0.05) is 18.8 Å². The second-order valence-corrected chi connectivity index (χ2v) is 7.02. The average Bonchev–Trinajstić information content (AvgIpc) is 3.03. The first-order chi connectivity index (χ1) is 11.6. The van der Waals surface area contributed by atoms with Crippen LogP contribution in [0.1, 0.15) is 32.1 Å². The number of ether oxygens (including phenoxy) is 1. The van der Waals surface area contributed by atoms with Gasteiger partial charge in [-0.25, -0.2) is 0 Å². The minimum absolute atomic E-state index is 0. The van der Waals surface area contributed by atoms with E-state index < -0.39 is 0 Å². The van der Waals surface area contributed by atoms with Crippen LogP contribution in [0.2, 0.25) is 0 Å². The van der Waals surface area contributed by atoms with Crippen molar-refractivity contribution in [3.05, 3.63) is 18.2 Å². The lowest BCUT2D eigenvalue weighted by molar-refractivity contribution is -0.121. The lowest BCUT2D eigenvalue weighted by Crippen LogP contribution is -2.40. The van der Waals surface area contributed by atoms with Gasteiger partial charge in [-0.1, -0.05) is 12.8 Å². The predicted molar refractivity (Wildman–Crippen MR) is 98.5 cm³/mol. The maximum Gasteiger partial charge on any atom is 0.264 e. The van der Waals surface area contributed by atoms with Gasteiger partial charge >= 0.3 is 0 Å². The first kappa shape index (κ1) is 18.0. The smallest absolute Gasteiger partial charge is 0.264 e. The van der Waals surface area contributed by atoms with Gasteiger partial charge in [-0.15, -0.1) is 12.4 Å². The summed E-state index contributed by atoms with van der Waals surface area (Å²) in [5, 5.41) is 6.47. The Kier molecular flexibility index (Phi) is 5.20. The highest BCUT2D eigenvalue weighted by Crippen LogP contribution is 2.35. The molecule has 1 aromatic carbocycles. The van der Waals surface area contributed by atoms with E-state index in [0.29, 0.717) is 29.1 Å². The van der Waals surface area contributed by atoms with Crippen molar-refractivity contribution in [2.24, 2.45) is 5.92 Å². The highest BCUT2D eigenvalue weighted by Gasteiger charge is 2.38. The van der Waals surface area contributed by atoms with Crippen LogP contribution in [-0.2, 0) is 9.59 Å². The minimum atomic E-state index is -0.121. The lowest BCUT2D eigenvalue weighted by Gasteiger charge is -2.26. The highest BCUT2D eigenvalue weighted by molar-refractivity contribution is 6.00. The minimum Gasteiger partial charge on any atom is -0.482 e. The standard InChI is InChI=1S/C18H23N3O3.ClH/c1-21-15-9-12(6-7-16(15)24-10-17(21)22)19-18(23)14-8-11-4-2-3-5-13(11)20-14;/h6-7,9,11,13-14,20H,2-5,8,10H2,1H3,(H,19,23);1H. The number of likely N-dealkylation sites (N-methyl/N-ethyl adjacent to an activating group) is 1. The normalized spacial score (nSPS) is 27.6. The zero-order chi connectivity index (χ0) is 16.7. The third-order valence-electron chi connectivity index (χ3n) is 5.49. The zero-order valence-electron chi connectivity index (χ0n) is 14.3. The third kappa shape index (κ3) is 3.46. The third-order valence-corrected chi connectivity index (χ3v) is 5.49. The summed E-state index contributed by atoms with van der Waals surface area (Å²) in [4.78, 5) is 25.9. The summed E-state index contributed by atoms with van der Waals surface area (Å²) in [5.74, 6) is 1.22. The maximum atomic E-state index is 12.6. The summed E-state index contributed by atoms with van der Waals surface area (Å²) < 4.78 is 5.41. The molecule has 4 rings (SSSR count). The summed E-state index contributed by atoms with van der Waals surface area (Å²) in [5.41, 5.74) is 1.39. The molecule has 0 spiro atoms. The number of rotatable bonds is 2. The molecule has 7 heteroatoms. The van der Waals surface area contributed by atoms with Crippen molar-refractivity contribution in [2.75, 3.05) is 23.9 Å². The number of benzene rings is 1. The van der Waals surface area contributed by atoms with Crippen molar-refractivity contribution in [3.63, 3.8) is 0 Å². The van der Waals surface area contributed by atoms with E-state index in [2.05, 4.69) is 10.6 Å². The molecule has 2 fully saturated rings. The molecule has 3 aliphatic rings. The molecule has 1 aromatic rings. The molecular weight excluding hydrogens is 342 g/mol. The summed E-state index contributed by atoms with van der Waals surface area (Å²) in [6.45, 7) is 0.0595. The molecule has 6 nitrogen and oxygen atoms in total. The van der Waals surface area contributed by atoms with Gasteiger partial charge in [-0.3, -0.25) is 9.59 Å². The van der Waals surface area contributed by atoms with Crippen molar-refractivity contribution in [1.82, 2.24) is 5.32 Å². The predicted octanol–water partition coefficient (Wildman–Crippen LogP) is 2.32. The van der Waals surface area contributed by atoms with Crippen LogP contribution in [0.3, 0.4) is 0 Å². The largest absolute Gasteiger partial charge is 0.482 e. The molecule has 1 aliphatic carbocycles. The SMILES string of the molecule is CN1C(=O)COc2ccc(NC(=O)C3CC4CCCCC4N3)cc21.Cl. The van der Waals surface area contributed by atoms with Crippen molar-refractivity contribution in [2.45, 2.75) is 44.2 Å². The van der Waals surface area contributed by atoms with E-state index in [-0.39, 0.29) is 36.9 Å². The number of hydrogen-bond donors (Lipinski definition) is 2. The number of nitrogens with one attached hydrogen (secondary N) is 2. The Labute approximate surface area is 153 Å². The van der Waals surface area contributed by atoms with Gasteiger partial charge in [0.05, 0.1) is 11.7 Å². The van der Waals surface area contributed by atoms with Crippen molar-refractivity contribution >= 4 is 35.6 Å². The first-order valence-corrected chi connectivity index (χ1v) is 8.72. The Bertz CT molecular complexity index is 668. The van der Waals surface area contributed by atoms with Gasteiger partial charge < -0.3 is 20.3 Å². The Hall–Kier alpha value is -1.79. The molecule has 2 N–H and O–H groups in total. The molecular formula is C18H24ClN3O3. The van der Waals surface area contributed by atoms with Crippen LogP contribution in [0, 0.1) is 5.92 Å². The van der Waals surface area contributed by atoms with Gasteiger partial charge in [0.2, 0.25) is 5.91 Å². The van der Waals surface area contributed by atoms with E-state index >= 15 is 0 Å². The van der Waals surface area contributed by atoms with Crippen LogP contribution < -0.4 is 20.3 Å². The molecule has 1 saturated heterocycles. The summed E-state index contributed by atoms with van der Waals surface area (Å²) in [6.07, 6.45) is 5.86. The van der Waals surface area contributed by atoms with Gasteiger partial charge in [-0.05, 0) is 43.4 Å². The number of carbonyl (C=O) groups excluding carboxylic acids is 2. The molecule has 0 bridgehead atoms. The van der Waals surface area contributed by atoms with Crippen LogP contribution in [0.4, 0.5) is 11.4 Å². The number of anilines is 2. The van der Waals surface area contributed by atoms with Crippen LogP contribution in [-0.4, -0.2) is 37.6 Å². The molecule has 1 saturated carbocycles. The van der Waals surface area contributed by atoms with Crippen LogP contribution >= 0.6 is 12.4 Å². The Morgan fingerprint density at radius 2 is 2.12 bits per heavy atom. The number of fused-ring (bicyclic) bond motifs is 2. The molecule has 25 heavy (non-hydrogen) atoms. The fourth-order valence-electron chi connectivity index (χ4n) is 4.10. The number of halogens is 1. The fraction of sp³-hybridized carbons (Fsp3) is 0.556. The monoisotopic (exact) mass is 365 g/mol. The summed E-state index contributed by atoms with van der Waals surface area (Å²) >= 11 is 0. The van der Waals surface area contributed by atoms with Crippen molar-refractivity contribution < 1.29 is 14.3 Å². The molecule has 0 radical (unpaired) electrons. The average molecular weight is 366 g/mol. The molecule has 3 atom stereocenters. The molecule has 136 valence electrons. The summed E-state index contributed by atoms with van der Waals surface area (Å²) in [7, 11) is 1.72. The quantitative estimate of drug-likeness (QED) is 0.843. The van der Waals surface area contributed by atoms with E-state index in [1.54, 1.807) is 24.1 Å². The second-order valence-electron chi connectivity index (χ2n) is 7.02. The van der Waals surface area contributed by atoms with E-state index in [9.17, 15) is 9.59 Å². The molecule has 2 amide bonds. The van der Waals surface area contributed by atoms with Gasteiger partial charge in [-0.2, -0.15) is 0 Å². The van der Waals surface area contributed by atoms with E-state index in [1.807, 2.05) is 6.07 Å². The van der Waals surface area contributed by atoms with Crippen LogP contribution in [0.5, 0.6) is 5.75 Å². The van der Waals surface area contributed by atoms with Gasteiger partial charge in [0.1, 0.15) is 5.75 Å². The molecule has 0 aromatic heterocycles.